The quantitative estimate of drug-likeness (QED) is 0.407. The molecule has 3 atom stereocenters. The lowest BCUT2D eigenvalue weighted by Gasteiger charge is -2.43. The van der Waals surface area contributed by atoms with E-state index in [1.54, 1.807) is 25.3 Å². The molecule has 242 valence electrons. The number of hydrogen-bond acceptors (Lipinski definition) is 7. The number of nitrogens with one attached hydrogen (secondary N) is 2. The number of allylic oxidation sites excluding steroid dienone is 2. The van der Waals surface area contributed by atoms with Gasteiger partial charge >= 0.3 is 6.18 Å². The maximum atomic E-state index is 15.3. The zero-order valence-electron chi connectivity index (χ0n) is 24.4. The summed E-state index contributed by atoms with van der Waals surface area (Å²) >= 11 is 6.49. The Kier molecular flexibility index (Phi) is 7.52. The van der Waals surface area contributed by atoms with Gasteiger partial charge in [-0.25, -0.2) is 12.8 Å². The van der Waals surface area contributed by atoms with Crippen molar-refractivity contribution in [1.82, 2.24) is 20.5 Å². The zero-order chi connectivity index (χ0) is 33.3. The number of pyridine rings is 1. The monoisotopic (exact) mass is 677 g/mol. The van der Waals surface area contributed by atoms with Crippen LogP contribution in [0.4, 0.5) is 17.6 Å². The fraction of sp³-hybridized carbons (Fsp3) is 0.419. The number of hydrogen-bond donors (Lipinski definition) is 2. The molecule has 2 N–H and O–H groups in total. The Hall–Kier alpha value is -3.96. The SMILES string of the molecule is Cc1ncccc1-c1ccc(S(=O)(=O)[C@@H]2C[C@@H](C(=O)NC3(C#N)CC3)N(C(=O)C3(C4(C(F)(F)F)NC=CC=C4F)CC3)C2)c(Cl)c1. The molecule has 46 heavy (non-hydrogen) atoms. The number of amides is 2. The van der Waals surface area contributed by atoms with Crippen molar-refractivity contribution in [2.75, 3.05) is 6.54 Å². The molecule has 3 fully saturated rings. The number of dihydropyridines is 1. The van der Waals surface area contributed by atoms with Crippen molar-refractivity contribution >= 4 is 33.3 Å². The smallest absolute Gasteiger partial charge is 0.371 e. The van der Waals surface area contributed by atoms with E-state index in [1.807, 2.05) is 11.4 Å². The average Bonchev–Trinajstić information content (AvgIpc) is 3.93. The first-order chi connectivity index (χ1) is 21.6. The standard InChI is InChI=1S/C31H28ClF4N5O4S/c1-18-21(4-2-12-38-18)19-6-7-24(22(32)14-19)46(44,45)20-15-23(26(42)40-28(17-37)8-9-28)41(16-20)27(43)29(10-11-29)30(31(34,35)36)25(33)5-3-13-39-30/h2-7,12-14,20,23,39H,8-11,15-16H2,1H3,(H,40,42)/t20-,23+,30?/m1/s1. The van der Waals surface area contributed by atoms with Crippen molar-refractivity contribution in [1.29, 1.82) is 5.26 Å². The van der Waals surface area contributed by atoms with Gasteiger partial charge in [0.15, 0.2) is 15.4 Å². The van der Waals surface area contributed by atoms with Crippen LogP contribution in [0.5, 0.6) is 0 Å². The second-order valence-corrected chi connectivity index (χ2v) is 14.8. The van der Waals surface area contributed by atoms with Crippen LogP contribution < -0.4 is 10.6 Å². The Labute approximate surface area is 267 Å². The number of carbonyl (C=O) groups excluding carboxylic acids is 2. The second-order valence-electron chi connectivity index (χ2n) is 12.2. The Morgan fingerprint density at radius 2 is 1.91 bits per heavy atom. The van der Waals surface area contributed by atoms with Crippen LogP contribution in [0, 0.1) is 23.7 Å². The number of benzene rings is 1. The van der Waals surface area contributed by atoms with E-state index in [0.29, 0.717) is 30.2 Å². The summed E-state index contributed by atoms with van der Waals surface area (Å²) in [7, 11) is -4.37. The topological polar surface area (TPSA) is 132 Å². The van der Waals surface area contributed by atoms with Crippen LogP contribution in [-0.2, 0) is 19.4 Å². The molecule has 6 rings (SSSR count). The lowest BCUT2D eigenvalue weighted by molar-refractivity contribution is -0.211. The molecule has 1 unspecified atom stereocenters. The van der Waals surface area contributed by atoms with Crippen LogP contribution in [0.1, 0.15) is 37.8 Å². The molecule has 2 aliphatic heterocycles. The summed E-state index contributed by atoms with van der Waals surface area (Å²) in [4.78, 5) is 32.5. The van der Waals surface area contributed by atoms with Crippen molar-refractivity contribution in [3.05, 3.63) is 71.4 Å². The van der Waals surface area contributed by atoms with E-state index in [0.717, 1.165) is 22.7 Å². The van der Waals surface area contributed by atoms with Gasteiger partial charge in [-0.3, -0.25) is 14.6 Å². The van der Waals surface area contributed by atoms with E-state index in [4.69, 9.17) is 11.6 Å². The molecule has 2 saturated carbocycles. The number of aryl methyl sites for hydroxylation is 1. The van der Waals surface area contributed by atoms with Gasteiger partial charge in [0.05, 0.1) is 26.7 Å². The van der Waals surface area contributed by atoms with E-state index in [1.165, 1.54) is 18.2 Å². The third-order valence-corrected chi connectivity index (χ3v) is 12.1. The first kappa shape index (κ1) is 32.0. The molecule has 0 bridgehead atoms. The van der Waals surface area contributed by atoms with Gasteiger partial charge in [-0.05, 0) is 81.1 Å². The molecule has 1 aromatic carbocycles. The van der Waals surface area contributed by atoms with E-state index >= 15 is 4.39 Å². The minimum Gasteiger partial charge on any atom is -0.371 e. The minimum atomic E-state index is -5.27. The maximum Gasteiger partial charge on any atom is 0.419 e. The van der Waals surface area contributed by atoms with Crippen LogP contribution in [0.15, 0.2) is 65.6 Å². The lowest BCUT2D eigenvalue weighted by atomic mass is 9.76. The van der Waals surface area contributed by atoms with Gasteiger partial charge in [0.1, 0.15) is 17.4 Å². The van der Waals surface area contributed by atoms with Gasteiger partial charge in [-0.1, -0.05) is 23.7 Å². The Balaban J connectivity index is 1.36. The summed E-state index contributed by atoms with van der Waals surface area (Å²) in [5, 5.41) is 12.5. The molecular weight excluding hydrogens is 650 g/mol. The van der Waals surface area contributed by atoms with E-state index in [9.17, 15) is 36.4 Å². The van der Waals surface area contributed by atoms with Crippen LogP contribution >= 0.6 is 11.6 Å². The largest absolute Gasteiger partial charge is 0.419 e. The van der Waals surface area contributed by atoms with Gasteiger partial charge in [0, 0.05) is 24.0 Å². The van der Waals surface area contributed by atoms with Crippen LogP contribution in [-0.4, -0.2) is 65.2 Å². The molecule has 1 saturated heterocycles. The third kappa shape index (κ3) is 4.86. The van der Waals surface area contributed by atoms with Crippen molar-refractivity contribution in [3.63, 3.8) is 0 Å². The maximum absolute atomic E-state index is 15.3. The molecule has 1 aromatic heterocycles. The van der Waals surface area contributed by atoms with Crippen molar-refractivity contribution in [2.45, 2.75) is 72.5 Å². The summed E-state index contributed by atoms with van der Waals surface area (Å²) in [5.41, 5.74) is -4.99. The highest BCUT2D eigenvalue weighted by molar-refractivity contribution is 7.92. The zero-order valence-corrected chi connectivity index (χ0v) is 25.9. The predicted molar refractivity (Wildman–Crippen MR) is 158 cm³/mol. The number of sulfone groups is 1. The Bertz CT molecular complexity index is 1850. The first-order valence-electron chi connectivity index (χ1n) is 14.5. The molecule has 3 heterocycles. The fourth-order valence-corrected chi connectivity index (χ4v) is 8.82. The van der Waals surface area contributed by atoms with Gasteiger partial charge < -0.3 is 15.5 Å². The normalized spacial score (nSPS) is 26.0. The summed E-state index contributed by atoms with van der Waals surface area (Å²) in [5.74, 6) is -3.69. The molecule has 2 amide bonds. The van der Waals surface area contributed by atoms with Crippen molar-refractivity contribution in [2.24, 2.45) is 5.41 Å². The highest BCUT2D eigenvalue weighted by Gasteiger charge is 2.78. The van der Waals surface area contributed by atoms with Gasteiger partial charge in [-0.2, -0.15) is 18.4 Å². The van der Waals surface area contributed by atoms with Gasteiger partial charge in [-0.15, -0.1) is 0 Å². The molecule has 2 aromatic rings. The van der Waals surface area contributed by atoms with E-state index in [2.05, 4.69) is 10.3 Å². The Morgan fingerprint density at radius 1 is 1.20 bits per heavy atom. The number of likely N-dealkylation sites (tertiary alicyclic amines) is 1. The van der Waals surface area contributed by atoms with Crippen LogP contribution in [0.3, 0.4) is 0 Å². The lowest BCUT2D eigenvalue weighted by Crippen LogP contribution is -2.67. The number of alkyl halides is 3. The summed E-state index contributed by atoms with van der Waals surface area (Å²) in [6, 6.07) is 8.23. The highest BCUT2D eigenvalue weighted by atomic mass is 35.5. The number of rotatable bonds is 7. The van der Waals surface area contributed by atoms with E-state index in [-0.39, 0.29) is 22.8 Å². The Morgan fingerprint density at radius 3 is 2.48 bits per heavy atom. The predicted octanol–water partition coefficient (Wildman–Crippen LogP) is 4.68. The fourth-order valence-electron chi connectivity index (χ4n) is 6.58. The van der Waals surface area contributed by atoms with Crippen LogP contribution in [0.2, 0.25) is 5.02 Å². The van der Waals surface area contributed by atoms with Crippen molar-refractivity contribution in [3.8, 4) is 17.2 Å². The summed E-state index contributed by atoms with van der Waals surface area (Å²) < 4.78 is 87.4. The molecule has 2 aliphatic carbocycles. The summed E-state index contributed by atoms with van der Waals surface area (Å²) in [6.07, 6.45) is -1.65. The number of carbonyl (C=O) groups is 2. The highest BCUT2D eigenvalue weighted by Crippen LogP contribution is 2.64. The average molecular weight is 678 g/mol. The van der Waals surface area contributed by atoms with E-state index < -0.39 is 74.4 Å². The number of aromatic nitrogens is 1. The summed E-state index contributed by atoms with van der Waals surface area (Å²) in [6.45, 7) is 1.13. The molecule has 15 heteroatoms. The van der Waals surface area contributed by atoms with Crippen molar-refractivity contribution < 1.29 is 35.6 Å². The third-order valence-electron chi connectivity index (χ3n) is 9.45. The number of nitriles is 1. The molecule has 4 aliphatic rings. The molecule has 9 nitrogen and oxygen atoms in total. The molecule has 0 spiro atoms. The molecular formula is C31H28ClF4N5O4S. The second kappa shape index (κ2) is 10.8. The van der Waals surface area contributed by atoms with Gasteiger partial charge in [0.25, 0.3) is 0 Å². The first-order valence-corrected chi connectivity index (χ1v) is 16.4. The molecule has 0 radical (unpaired) electrons. The van der Waals surface area contributed by atoms with Gasteiger partial charge in [0.2, 0.25) is 11.8 Å². The minimum absolute atomic E-state index is 0.131. The number of nitrogens with zero attached hydrogens (tertiary/aromatic N) is 3. The van der Waals surface area contributed by atoms with Crippen LogP contribution in [0.25, 0.3) is 11.1 Å². The number of halogens is 5.